The Morgan fingerprint density at radius 3 is 2.66 bits per heavy atom. The molecule has 1 aromatic carbocycles. The first-order valence-electron chi connectivity index (χ1n) is 9.60. The maximum Gasteiger partial charge on any atom is 0.266 e. The number of hydrogen-bond acceptors (Lipinski definition) is 7. The van der Waals surface area contributed by atoms with Gasteiger partial charge in [0.1, 0.15) is 18.5 Å². The lowest BCUT2D eigenvalue weighted by Gasteiger charge is -2.17. The molecule has 0 saturated heterocycles. The Morgan fingerprint density at radius 2 is 2.00 bits per heavy atom. The van der Waals surface area contributed by atoms with E-state index in [-0.39, 0.29) is 22.3 Å². The average Bonchev–Trinajstić information content (AvgIpc) is 3.32. The van der Waals surface area contributed by atoms with E-state index in [4.69, 9.17) is 4.74 Å². The molecule has 0 unspecified atom stereocenters. The van der Waals surface area contributed by atoms with Gasteiger partial charge in [-0.3, -0.25) is 0 Å². The summed E-state index contributed by atoms with van der Waals surface area (Å²) in [6.07, 6.45) is -2.06. The van der Waals surface area contributed by atoms with E-state index in [2.05, 4.69) is 24.7 Å². The van der Waals surface area contributed by atoms with E-state index in [9.17, 15) is 17.2 Å². The summed E-state index contributed by atoms with van der Waals surface area (Å²) in [5.74, 6) is -0.364. The SMILES string of the molecule is COc1nc(NS(=O)(=O)c2c([Si](C)(C)C)[nH]c3c2ccc2scnc23)ncc1CC(F)F. The van der Waals surface area contributed by atoms with Gasteiger partial charge in [0.2, 0.25) is 18.3 Å². The number of hydrogen-bond donors (Lipinski definition) is 2. The first kappa shape index (κ1) is 22.5. The Morgan fingerprint density at radius 1 is 1.25 bits per heavy atom. The van der Waals surface area contributed by atoms with Crippen molar-refractivity contribution in [3.05, 3.63) is 29.4 Å². The Hall–Kier alpha value is -2.64. The summed E-state index contributed by atoms with van der Waals surface area (Å²) < 4.78 is 60.9. The largest absolute Gasteiger partial charge is 0.481 e. The van der Waals surface area contributed by atoms with Gasteiger partial charge in [-0.1, -0.05) is 19.6 Å². The molecule has 8 nitrogen and oxygen atoms in total. The first-order valence-corrected chi connectivity index (χ1v) is 15.5. The number of ether oxygens (including phenoxy) is 1. The number of H-pyrrole nitrogens is 1. The third-order valence-corrected chi connectivity index (χ3v) is 9.12. The van der Waals surface area contributed by atoms with Crippen LogP contribution in [0.25, 0.3) is 21.1 Å². The molecule has 0 spiro atoms. The van der Waals surface area contributed by atoms with E-state index in [1.807, 2.05) is 25.7 Å². The van der Waals surface area contributed by atoms with Crippen LogP contribution in [0.3, 0.4) is 0 Å². The lowest BCUT2D eigenvalue weighted by molar-refractivity contribution is 0.147. The molecule has 4 rings (SSSR count). The normalized spacial score (nSPS) is 12.7. The Bertz CT molecular complexity index is 1410. The molecule has 3 heterocycles. The monoisotopic (exact) mass is 497 g/mol. The number of methoxy groups -OCH3 is 1. The van der Waals surface area contributed by atoms with Crippen LogP contribution < -0.4 is 14.8 Å². The summed E-state index contributed by atoms with van der Waals surface area (Å²) in [6.45, 7) is 6.11. The lowest BCUT2D eigenvalue weighted by Crippen LogP contribution is -2.42. The second-order valence-electron chi connectivity index (χ2n) is 8.20. The van der Waals surface area contributed by atoms with Gasteiger partial charge in [0.25, 0.3) is 10.0 Å². The van der Waals surface area contributed by atoms with Gasteiger partial charge in [-0.2, -0.15) is 4.98 Å². The van der Waals surface area contributed by atoms with Crippen molar-refractivity contribution in [2.24, 2.45) is 0 Å². The fraction of sp³-hybridized carbons (Fsp3) is 0.316. The van der Waals surface area contributed by atoms with Crippen molar-refractivity contribution in [2.75, 3.05) is 11.8 Å². The molecule has 2 N–H and O–H groups in total. The molecule has 0 saturated carbocycles. The highest BCUT2D eigenvalue weighted by Crippen LogP contribution is 2.32. The smallest absolute Gasteiger partial charge is 0.266 e. The molecule has 32 heavy (non-hydrogen) atoms. The van der Waals surface area contributed by atoms with Crippen molar-refractivity contribution >= 4 is 61.8 Å². The van der Waals surface area contributed by atoms with Crippen LogP contribution in [-0.4, -0.2) is 50.0 Å². The number of fused-ring (bicyclic) bond motifs is 3. The topological polar surface area (TPSA) is 110 Å². The molecule has 0 fully saturated rings. The molecule has 0 radical (unpaired) electrons. The minimum Gasteiger partial charge on any atom is -0.481 e. The van der Waals surface area contributed by atoms with E-state index in [1.54, 1.807) is 11.6 Å². The zero-order valence-electron chi connectivity index (χ0n) is 17.7. The average molecular weight is 498 g/mol. The highest BCUT2D eigenvalue weighted by atomic mass is 32.2. The molecule has 3 aromatic heterocycles. The number of aromatic amines is 1. The van der Waals surface area contributed by atoms with Crippen LogP contribution in [0.4, 0.5) is 14.7 Å². The highest BCUT2D eigenvalue weighted by molar-refractivity contribution is 7.93. The molecule has 0 aliphatic carbocycles. The van der Waals surface area contributed by atoms with Crippen molar-refractivity contribution in [3.63, 3.8) is 0 Å². The van der Waals surface area contributed by atoms with E-state index >= 15 is 0 Å². The van der Waals surface area contributed by atoms with Crippen molar-refractivity contribution in [1.82, 2.24) is 19.9 Å². The minimum atomic E-state index is -4.12. The molecule has 4 aromatic rings. The van der Waals surface area contributed by atoms with E-state index < -0.39 is 30.9 Å². The number of benzene rings is 1. The van der Waals surface area contributed by atoms with Gasteiger partial charge < -0.3 is 9.72 Å². The van der Waals surface area contributed by atoms with Crippen molar-refractivity contribution < 1.29 is 21.9 Å². The molecular formula is C19H21F2N5O3S2Si. The minimum absolute atomic E-state index is 0.0891. The number of halogens is 2. The maximum absolute atomic E-state index is 13.5. The van der Waals surface area contributed by atoms with Crippen LogP contribution in [0.1, 0.15) is 5.56 Å². The zero-order chi connectivity index (χ0) is 23.3. The van der Waals surface area contributed by atoms with E-state index in [0.717, 1.165) is 10.9 Å². The highest BCUT2D eigenvalue weighted by Gasteiger charge is 2.33. The number of nitrogens with zero attached hydrogens (tertiary/aromatic N) is 3. The lowest BCUT2D eigenvalue weighted by atomic mass is 10.2. The van der Waals surface area contributed by atoms with Crippen LogP contribution in [0, 0.1) is 0 Å². The van der Waals surface area contributed by atoms with Crippen molar-refractivity contribution in [3.8, 4) is 5.88 Å². The van der Waals surface area contributed by atoms with Gasteiger partial charge in [0.15, 0.2) is 0 Å². The zero-order valence-corrected chi connectivity index (χ0v) is 20.4. The van der Waals surface area contributed by atoms with Gasteiger partial charge in [0.05, 0.1) is 22.8 Å². The van der Waals surface area contributed by atoms with Crippen LogP contribution in [0.15, 0.2) is 28.7 Å². The summed E-state index contributed by atoms with van der Waals surface area (Å²) in [5, 5.41) is 1.16. The van der Waals surface area contributed by atoms with Gasteiger partial charge in [-0.05, 0) is 12.1 Å². The predicted molar refractivity (Wildman–Crippen MR) is 124 cm³/mol. The van der Waals surface area contributed by atoms with Crippen molar-refractivity contribution in [1.29, 1.82) is 0 Å². The standard InChI is InChI=1S/C19H21F2N5O3S2Si/c1-29-17-10(7-13(20)21)8-22-19(25-17)26-31(27,28)16-11-5-6-12-15(23-9-30-12)14(11)24-18(16)32(2,3)4/h5-6,8-9,13,24H,7H2,1-4H3,(H,22,25,26). The third-order valence-electron chi connectivity index (χ3n) is 4.86. The van der Waals surface area contributed by atoms with Gasteiger partial charge in [-0.15, -0.1) is 11.3 Å². The number of thiazole rings is 1. The Balaban J connectivity index is 1.84. The second kappa shape index (κ2) is 8.05. The van der Waals surface area contributed by atoms with Crippen LogP contribution in [-0.2, 0) is 16.4 Å². The quantitative estimate of drug-likeness (QED) is 0.377. The van der Waals surface area contributed by atoms with Crippen molar-refractivity contribution in [2.45, 2.75) is 37.4 Å². The van der Waals surface area contributed by atoms with Gasteiger partial charge >= 0.3 is 0 Å². The second-order valence-corrected chi connectivity index (χ2v) is 15.7. The molecule has 0 atom stereocenters. The van der Waals surface area contributed by atoms with Crippen LogP contribution in [0.5, 0.6) is 5.88 Å². The number of anilines is 1. The fourth-order valence-electron chi connectivity index (χ4n) is 3.47. The summed E-state index contributed by atoms with van der Waals surface area (Å²) in [5.41, 5.74) is 3.17. The predicted octanol–water partition coefficient (Wildman–Crippen LogP) is 3.73. The number of nitrogens with one attached hydrogen (secondary N) is 2. The fourth-order valence-corrected chi connectivity index (χ4v) is 8.01. The molecule has 0 amide bonds. The molecule has 0 aliphatic rings. The molecule has 0 bridgehead atoms. The number of aromatic nitrogens is 4. The Kier molecular flexibility index (Phi) is 5.67. The molecule has 0 aliphatic heterocycles. The maximum atomic E-state index is 13.5. The molecular weight excluding hydrogens is 476 g/mol. The van der Waals surface area contributed by atoms with Gasteiger partial charge in [-0.25, -0.2) is 31.9 Å². The summed E-state index contributed by atoms with van der Waals surface area (Å²) >= 11 is 1.47. The summed E-state index contributed by atoms with van der Waals surface area (Å²) in [7, 11) is -5.00. The van der Waals surface area contributed by atoms with E-state index in [1.165, 1.54) is 18.4 Å². The number of alkyl halides is 2. The van der Waals surface area contributed by atoms with Crippen LogP contribution >= 0.6 is 11.3 Å². The van der Waals surface area contributed by atoms with Crippen LogP contribution in [0.2, 0.25) is 19.6 Å². The molecule has 13 heteroatoms. The third kappa shape index (κ3) is 4.07. The Labute approximate surface area is 188 Å². The summed E-state index contributed by atoms with van der Waals surface area (Å²) in [6, 6.07) is 3.60. The first-order chi connectivity index (χ1) is 15.0. The summed E-state index contributed by atoms with van der Waals surface area (Å²) in [4.78, 5) is 15.7. The van der Waals surface area contributed by atoms with E-state index in [0.29, 0.717) is 21.7 Å². The van der Waals surface area contributed by atoms with Gasteiger partial charge in [0, 0.05) is 28.9 Å². The number of sulfonamides is 1. The number of rotatable bonds is 7. The molecule has 170 valence electrons.